The molecule has 2 heterocycles. The molecule has 8 nitrogen and oxygen atoms in total. The van der Waals surface area contributed by atoms with E-state index in [0.29, 0.717) is 11.5 Å². The predicted octanol–water partition coefficient (Wildman–Crippen LogP) is 4.45. The van der Waals surface area contributed by atoms with Crippen LogP contribution < -0.4 is 5.32 Å². The predicted molar refractivity (Wildman–Crippen MR) is 129 cm³/mol. The molecule has 0 fully saturated rings. The molecule has 0 aliphatic carbocycles. The Balaban J connectivity index is 1.74. The molecule has 0 saturated heterocycles. The van der Waals surface area contributed by atoms with Crippen LogP contribution in [0.1, 0.15) is 50.7 Å². The third-order valence-corrected chi connectivity index (χ3v) is 6.27. The lowest BCUT2D eigenvalue weighted by atomic mass is 10.2. The second-order valence-electron chi connectivity index (χ2n) is 8.10. The van der Waals surface area contributed by atoms with Gasteiger partial charge in [-0.3, -0.25) is 9.69 Å². The molecular formula is C23H32FN7OS. The molecule has 1 atom stereocenters. The second-order valence-corrected chi connectivity index (χ2v) is 9.05. The number of anilines is 1. The molecule has 2 aromatic heterocycles. The Hall–Kier alpha value is -2.72. The number of unbranched alkanes of at least 4 members (excludes halogenated alkanes) is 1. The first-order valence-electron chi connectivity index (χ1n) is 11.2. The highest BCUT2D eigenvalue weighted by Gasteiger charge is 2.22. The third kappa shape index (κ3) is 6.00. The Morgan fingerprint density at radius 1 is 1.24 bits per heavy atom. The number of aromatic nitrogens is 5. The molecule has 33 heavy (non-hydrogen) atoms. The highest BCUT2D eigenvalue weighted by Crippen LogP contribution is 2.26. The number of halogens is 1. The maximum atomic E-state index is 14.3. The van der Waals surface area contributed by atoms with Gasteiger partial charge in [0.25, 0.3) is 0 Å². The quantitative estimate of drug-likeness (QED) is 0.414. The first-order chi connectivity index (χ1) is 15.8. The van der Waals surface area contributed by atoms with E-state index in [2.05, 4.69) is 43.9 Å². The van der Waals surface area contributed by atoms with Crippen LogP contribution in [-0.4, -0.2) is 55.2 Å². The Morgan fingerprint density at radius 3 is 2.67 bits per heavy atom. The number of hydrogen-bond acceptors (Lipinski definition) is 6. The Kier molecular flexibility index (Phi) is 8.62. The zero-order chi connectivity index (χ0) is 24.0. The fraction of sp³-hybridized carbons (Fsp3) is 0.478. The first-order valence-corrected chi connectivity index (χ1v) is 12.2. The summed E-state index contributed by atoms with van der Waals surface area (Å²) in [5.41, 5.74) is 0.964. The molecule has 1 aromatic carbocycles. The van der Waals surface area contributed by atoms with E-state index >= 15 is 0 Å². The van der Waals surface area contributed by atoms with E-state index in [1.165, 1.54) is 22.5 Å². The number of rotatable bonds is 11. The normalized spacial score (nSPS) is 12.3. The van der Waals surface area contributed by atoms with Crippen LogP contribution in [0.15, 0.2) is 35.5 Å². The van der Waals surface area contributed by atoms with Gasteiger partial charge in [-0.1, -0.05) is 44.2 Å². The van der Waals surface area contributed by atoms with Crippen molar-refractivity contribution in [2.45, 2.75) is 57.8 Å². The molecule has 0 saturated carbocycles. The van der Waals surface area contributed by atoms with Gasteiger partial charge in [-0.05, 0) is 46.0 Å². The molecule has 1 unspecified atom stereocenters. The topological polar surface area (TPSA) is 80.9 Å². The zero-order valence-electron chi connectivity index (χ0n) is 19.9. The minimum absolute atomic E-state index is 0.157. The van der Waals surface area contributed by atoms with Crippen molar-refractivity contribution in [3.63, 3.8) is 0 Å². The van der Waals surface area contributed by atoms with E-state index in [4.69, 9.17) is 0 Å². The van der Waals surface area contributed by atoms with Crippen LogP contribution in [0.5, 0.6) is 0 Å². The van der Waals surface area contributed by atoms with Crippen molar-refractivity contribution in [2.24, 2.45) is 0 Å². The second kappa shape index (κ2) is 11.4. The maximum Gasteiger partial charge on any atom is 0.236 e. The van der Waals surface area contributed by atoms with Crippen molar-refractivity contribution in [1.82, 2.24) is 29.4 Å². The molecule has 1 N–H and O–H groups in total. The zero-order valence-corrected chi connectivity index (χ0v) is 20.7. The van der Waals surface area contributed by atoms with Gasteiger partial charge in [-0.15, -0.1) is 10.2 Å². The summed E-state index contributed by atoms with van der Waals surface area (Å²) >= 11 is 1.35. The lowest BCUT2D eigenvalue weighted by Crippen LogP contribution is -2.23. The Bertz CT molecular complexity index is 1080. The molecule has 10 heteroatoms. The number of carbonyl (C=O) groups excluding carboxylic acids is 1. The molecule has 0 aliphatic rings. The lowest BCUT2D eigenvalue weighted by Gasteiger charge is -2.23. The average molecular weight is 474 g/mol. The van der Waals surface area contributed by atoms with Gasteiger partial charge in [0, 0.05) is 12.6 Å². The first kappa shape index (κ1) is 24.9. The summed E-state index contributed by atoms with van der Waals surface area (Å²) in [4.78, 5) is 14.9. The summed E-state index contributed by atoms with van der Waals surface area (Å²) in [6, 6.07) is 8.22. The van der Waals surface area contributed by atoms with Crippen LogP contribution in [0.4, 0.5) is 10.2 Å². The summed E-state index contributed by atoms with van der Waals surface area (Å²) < 4.78 is 17.8. The number of thioether (sulfide) groups is 1. The van der Waals surface area contributed by atoms with Crippen molar-refractivity contribution in [3.05, 3.63) is 47.7 Å². The van der Waals surface area contributed by atoms with Crippen molar-refractivity contribution in [2.75, 3.05) is 25.2 Å². The molecule has 0 bridgehead atoms. The fourth-order valence-electron chi connectivity index (χ4n) is 3.66. The molecule has 0 spiro atoms. The van der Waals surface area contributed by atoms with Gasteiger partial charge in [-0.25, -0.2) is 9.07 Å². The Morgan fingerprint density at radius 2 is 2.00 bits per heavy atom. The van der Waals surface area contributed by atoms with E-state index in [1.54, 1.807) is 31.2 Å². The van der Waals surface area contributed by atoms with Gasteiger partial charge in [0.2, 0.25) is 5.91 Å². The standard InChI is InChI=1S/C23H32FN7OS/c1-6-8-13-30-22(18(7-2)29(4)5)26-27-23(30)33-15-21(32)25-20-14-16(3)28-31(20)19-12-10-9-11-17(19)24/h9-12,14,18H,6-8,13,15H2,1-5H3,(H,25,32). The minimum atomic E-state index is -0.409. The SMILES string of the molecule is CCCCn1c(SCC(=O)Nc2cc(C)nn2-c2ccccc2F)nnc1C(CC)N(C)C. The molecule has 0 radical (unpaired) electrons. The van der Waals surface area contributed by atoms with Gasteiger partial charge in [-0.2, -0.15) is 5.10 Å². The summed E-state index contributed by atoms with van der Waals surface area (Å²) in [7, 11) is 4.07. The molecule has 178 valence electrons. The van der Waals surface area contributed by atoms with Gasteiger partial charge < -0.3 is 9.88 Å². The number of hydrogen-bond donors (Lipinski definition) is 1. The number of nitrogens with zero attached hydrogens (tertiary/aromatic N) is 6. The van der Waals surface area contributed by atoms with E-state index in [9.17, 15) is 9.18 Å². The van der Waals surface area contributed by atoms with Crippen LogP contribution in [0.2, 0.25) is 0 Å². The summed E-state index contributed by atoms with van der Waals surface area (Å²) in [5.74, 6) is 0.879. The van der Waals surface area contributed by atoms with Crippen LogP contribution >= 0.6 is 11.8 Å². The number of para-hydroxylation sites is 1. The number of benzene rings is 1. The summed E-state index contributed by atoms with van der Waals surface area (Å²) in [5, 5.41) is 16.8. The van der Waals surface area contributed by atoms with Crippen molar-refractivity contribution in [3.8, 4) is 5.69 Å². The summed E-state index contributed by atoms with van der Waals surface area (Å²) in [6.45, 7) is 6.89. The van der Waals surface area contributed by atoms with E-state index < -0.39 is 5.82 Å². The lowest BCUT2D eigenvalue weighted by molar-refractivity contribution is -0.113. The van der Waals surface area contributed by atoms with Crippen molar-refractivity contribution < 1.29 is 9.18 Å². The van der Waals surface area contributed by atoms with Gasteiger partial charge in [0.1, 0.15) is 17.3 Å². The average Bonchev–Trinajstić information content (AvgIpc) is 3.34. The van der Waals surface area contributed by atoms with E-state index in [-0.39, 0.29) is 23.4 Å². The van der Waals surface area contributed by atoms with Crippen LogP contribution in [0.3, 0.4) is 0 Å². The number of amides is 1. The largest absolute Gasteiger partial charge is 0.310 e. The maximum absolute atomic E-state index is 14.3. The Labute approximate surface area is 198 Å². The fourth-order valence-corrected chi connectivity index (χ4v) is 4.43. The molecule has 3 aromatic rings. The van der Waals surface area contributed by atoms with Gasteiger partial charge in [0.05, 0.1) is 17.5 Å². The van der Waals surface area contributed by atoms with Crippen LogP contribution in [-0.2, 0) is 11.3 Å². The molecule has 3 rings (SSSR count). The monoisotopic (exact) mass is 473 g/mol. The van der Waals surface area contributed by atoms with E-state index in [0.717, 1.165) is 36.8 Å². The molecule has 0 aliphatic heterocycles. The van der Waals surface area contributed by atoms with Crippen LogP contribution in [0, 0.1) is 12.7 Å². The highest BCUT2D eigenvalue weighted by molar-refractivity contribution is 7.99. The minimum Gasteiger partial charge on any atom is -0.310 e. The molecule has 1 amide bonds. The van der Waals surface area contributed by atoms with Crippen molar-refractivity contribution >= 4 is 23.5 Å². The van der Waals surface area contributed by atoms with E-state index in [1.807, 2.05) is 14.1 Å². The van der Waals surface area contributed by atoms with Gasteiger partial charge in [0.15, 0.2) is 11.0 Å². The van der Waals surface area contributed by atoms with Crippen LogP contribution in [0.25, 0.3) is 5.69 Å². The third-order valence-electron chi connectivity index (χ3n) is 5.30. The highest BCUT2D eigenvalue weighted by atomic mass is 32.2. The molecular weight excluding hydrogens is 441 g/mol. The number of carbonyl (C=O) groups is 1. The number of aryl methyl sites for hydroxylation is 1. The van der Waals surface area contributed by atoms with Gasteiger partial charge >= 0.3 is 0 Å². The summed E-state index contributed by atoms with van der Waals surface area (Å²) in [6.07, 6.45) is 2.98. The number of nitrogens with one attached hydrogen (secondary N) is 1. The smallest absolute Gasteiger partial charge is 0.236 e. The van der Waals surface area contributed by atoms with Crippen molar-refractivity contribution in [1.29, 1.82) is 0 Å².